The van der Waals surface area contributed by atoms with Crippen molar-refractivity contribution in [1.82, 2.24) is 0 Å². The topological polar surface area (TPSA) is 237 Å². The summed E-state index contributed by atoms with van der Waals surface area (Å²) in [6, 6.07) is 0. The lowest BCUT2D eigenvalue weighted by molar-refractivity contribution is -0.161. The number of carbonyl (C=O) groups is 4. The predicted octanol–water partition coefficient (Wildman–Crippen LogP) is 21.4. The number of esters is 4. The molecule has 0 spiro atoms. The van der Waals surface area contributed by atoms with E-state index in [2.05, 4.69) is 48.5 Å². The van der Waals surface area contributed by atoms with Gasteiger partial charge in [-0.2, -0.15) is 0 Å². The van der Waals surface area contributed by atoms with Gasteiger partial charge in [0.2, 0.25) is 0 Å². The van der Waals surface area contributed by atoms with Crippen LogP contribution in [0.3, 0.4) is 0 Å². The Hall–Kier alpha value is -1.94. The number of aliphatic hydroxyl groups is 1. The van der Waals surface area contributed by atoms with Gasteiger partial charge in [-0.3, -0.25) is 37.3 Å². The van der Waals surface area contributed by atoms with Crippen LogP contribution in [0.5, 0.6) is 0 Å². The van der Waals surface area contributed by atoms with Crippen LogP contribution >= 0.6 is 15.6 Å². The highest BCUT2D eigenvalue weighted by atomic mass is 31.2. The van der Waals surface area contributed by atoms with E-state index in [0.29, 0.717) is 25.7 Å². The van der Waals surface area contributed by atoms with E-state index in [1.165, 1.54) is 186 Å². The monoisotopic (exact) mass is 1370 g/mol. The Morgan fingerprint density at radius 1 is 0.312 bits per heavy atom. The molecule has 0 aromatic rings. The molecule has 0 aliphatic carbocycles. The molecule has 0 bridgehead atoms. The summed E-state index contributed by atoms with van der Waals surface area (Å²) < 4.78 is 68.4. The van der Waals surface area contributed by atoms with Crippen LogP contribution in [0.2, 0.25) is 0 Å². The molecule has 3 unspecified atom stereocenters. The number of phosphoric acid groups is 2. The molecule has 0 fully saturated rings. The van der Waals surface area contributed by atoms with Crippen molar-refractivity contribution < 1.29 is 80.2 Å². The molecule has 0 heterocycles. The largest absolute Gasteiger partial charge is 0.472 e. The highest BCUT2D eigenvalue weighted by Gasteiger charge is 2.30. The van der Waals surface area contributed by atoms with Crippen LogP contribution in [0.4, 0.5) is 0 Å². The third-order valence-electron chi connectivity index (χ3n) is 17.5. The van der Waals surface area contributed by atoms with Crippen molar-refractivity contribution in [3.8, 4) is 0 Å². The highest BCUT2D eigenvalue weighted by Crippen LogP contribution is 2.45. The third kappa shape index (κ3) is 67.0. The maximum Gasteiger partial charge on any atom is 0.472 e. The van der Waals surface area contributed by atoms with Gasteiger partial charge in [0.1, 0.15) is 19.3 Å². The molecule has 0 aromatic heterocycles. The second kappa shape index (κ2) is 64.7. The first-order chi connectivity index (χ1) is 44.8. The maximum absolute atomic E-state index is 13.1. The number of unbranched alkanes of at least 4 members (excludes halogenated alkanes) is 39. The van der Waals surface area contributed by atoms with Crippen LogP contribution in [0, 0.1) is 17.8 Å². The van der Waals surface area contributed by atoms with E-state index in [1.54, 1.807) is 0 Å². The van der Waals surface area contributed by atoms with E-state index in [1.807, 2.05) is 0 Å². The van der Waals surface area contributed by atoms with Gasteiger partial charge in [0.25, 0.3) is 0 Å². The van der Waals surface area contributed by atoms with Crippen LogP contribution in [-0.4, -0.2) is 96.7 Å². The fourth-order valence-corrected chi connectivity index (χ4v) is 12.8. The Bertz CT molecular complexity index is 1820. The number of ether oxygens (including phenoxy) is 4. The van der Waals surface area contributed by atoms with E-state index < -0.39 is 97.5 Å². The summed E-state index contributed by atoms with van der Waals surface area (Å²) in [7, 11) is -9.91. The zero-order valence-corrected chi connectivity index (χ0v) is 62.5. The lowest BCUT2D eigenvalue weighted by Gasteiger charge is -2.21. The molecule has 93 heavy (non-hydrogen) atoms. The van der Waals surface area contributed by atoms with Gasteiger partial charge in [-0.05, 0) is 43.4 Å². The molecule has 0 rings (SSSR count). The summed E-state index contributed by atoms with van der Waals surface area (Å²) in [6.07, 6.45) is 50.0. The molecule has 0 aliphatic heterocycles. The molecular weight excluding hydrogens is 1220 g/mol. The van der Waals surface area contributed by atoms with Gasteiger partial charge in [-0.15, -0.1) is 0 Å². The van der Waals surface area contributed by atoms with Crippen LogP contribution in [0.15, 0.2) is 0 Å². The van der Waals surface area contributed by atoms with E-state index in [4.69, 9.17) is 37.0 Å². The normalized spacial score (nSPS) is 14.4. The fraction of sp³-hybridized carbons (Fsp3) is 0.946. The smallest absolute Gasteiger partial charge is 0.462 e. The molecule has 0 aromatic carbocycles. The first kappa shape index (κ1) is 91.1. The van der Waals surface area contributed by atoms with Crippen LogP contribution in [0.1, 0.15) is 376 Å². The predicted molar refractivity (Wildman–Crippen MR) is 377 cm³/mol. The fourth-order valence-electron chi connectivity index (χ4n) is 11.2. The van der Waals surface area contributed by atoms with Crippen molar-refractivity contribution in [2.24, 2.45) is 17.8 Å². The minimum absolute atomic E-state index is 0.103. The summed E-state index contributed by atoms with van der Waals surface area (Å²) >= 11 is 0. The van der Waals surface area contributed by atoms with Gasteiger partial charge in [-0.25, -0.2) is 9.13 Å². The van der Waals surface area contributed by atoms with Crippen LogP contribution in [0.25, 0.3) is 0 Å². The summed E-state index contributed by atoms with van der Waals surface area (Å²) in [6.45, 7) is 11.9. The van der Waals surface area contributed by atoms with Gasteiger partial charge in [0, 0.05) is 25.7 Å². The van der Waals surface area contributed by atoms with Gasteiger partial charge in [0.15, 0.2) is 12.2 Å². The molecular formula is C74H144O17P2. The minimum atomic E-state index is -4.96. The average molecular weight is 1370 g/mol. The Labute approximate surface area is 568 Å². The standard InChI is InChI=1S/C74H144O17P2/c1-8-10-11-12-13-14-28-33-41-48-55-71(76)85-62-70(91-74(79)58-51-44-37-36-40-47-54-67(7)9-2)64-89-93(82,83)87-60-68(75)59-86-92(80,81)88-63-69(61-84-72(77)56-49-42-34-29-25-21-23-27-32-39-46-53-66(5)6)90-73(78)57-50-43-35-30-24-20-18-16-15-17-19-22-26-31-38-45-52-65(3)4/h65-70,75H,8-64H2,1-7H3,(H,80,81)(H,82,83)/t67?,68-,69-,70-/m1/s1. The van der Waals surface area contributed by atoms with Crippen LogP contribution in [-0.2, 0) is 65.4 Å². The quantitative estimate of drug-likeness (QED) is 0.0222. The summed E-state index contributed by atoms with van der Waals surface area (Å²) in [5.74, 6) is 0.177. The number of carbonyl (C=O) groups excluding carboxylic acids is 4. The Morgan fingerprint density at radius 3 is 0.817 bits per heavy atom. The molecule has 17 nitrogen and oxygen atoms in total. The van der Waals surface area contributed by atoms with Crippen molar-refractivity contribution in [1.29, 1.82) is 0 Å². The Balaban J connectivity index is 5.22. The first-order valence-electron chi connectivity index (χ1n) is 38.4. The van der Waals surface area contributed by atoms with E-state index in [9.17, 15) is 43.2 Å². The molecule has 0 amide bonds. The molecule has 19 heteroatoms. The molecule has 0 aliphatic rings. The van der Waals surface area contributed by atoms with E-state index in [-0.39, 0.29) is 25.7 Å². The SMILES string of the molecule is CCCCCCCCCCCCC(=O)OC[C@H](COP(=O)(O)OC[C@H](O)COP(=O)(O)OC[C@@H](COC(=O)CCCCCCCCCCCCCC(C)C)OC(=O)CCCCCCCCCCCCCCCCCCC(C)C)OC(=O)CCCCCCCCC(C)CC. The first-order valence-corrected chi connectivity index (χ1v) is 41.4. The number of rotatable bonds is 72. The van der Waals surface area contributed by atoms with Gasteiger partial charge in [-0.1, -0.05) is 325 Å². The van der Waals surface area contributed by atoms with E-state index in [0.717, 1.165) is 108 Å². The third-order valence-corrected chi connectivity index (χ3v) is 19.4. The minimum Gasteiger partial charge on any atom is -0.462 e. The molecule has 0 saturated heterocycles. The van der Waals surface area contributed by atoms with Gasteiger partial charge < -0.3 is 33.8 Å². The Morgan fingerprint density at radius 2 is 0.548 bits per heavy atom. The maximum atomic E-state index is 13.1. The Kier molecular flexibility index (Phi) is 63.4. The number of phosphoric ester groups is 2. The van der Waals surface area contributed by atoms with Gasteiger partial charge in [0.05, 0.1) is 26.4 Å². The lowest BCUT2D eigenvalue weighted by Crippen LogP contribution is -2.30. The van der Waals surface area contributed by atoms with Crippen molar-refractivity contribution >= 4 is 39.5 Å². The highest BCUT2D eigenvalue weighted by molar-refractivity contribution is 7.47. The number of aliphatic hydroxyl groups excluding tert-OH is 1. The molecule has 552 valence electrons. The zero-order valence-electron chi connectivity index (χ0n) is 60.7. The summed E-state index contributed by atoms with van der Waals surface area (Å²) in [5, 5.41) is 10.6. The number of hydrogen-bond acceptors (Lipinski definition) is 15. The van der Waals surface area contributed by atoms with Crippen LogP contribution < -0.4 is 0 Å². The molecule has 3 N–H and O–H groups in total. The van der Waals surface area contributed by atoms with Crippen molar-refractivity contribution in [3.05, 3.63) is 0 Å². The van der Waals surface area contributed by atoms with Gasteiger partial charge >= 0.3 is 39.5 Å². The molecule has 6 atom stereocenters. The van der Waals surface area contributed by atoms with Crippen molar-refractivity contribution in [3.63, 3.8) is 0 Å². The van der Waals surface area contributed by atoms with Crippen molar-refractivity contribution in [2.75, 3.05) is 39.6 Å². The molecule has 0 saturated carbocycles. The summed E-state index contributed by atoms with van der Waals surface area (Å²) in [4.78, 5) is 72.7. The van der Waals surface area contributed by atoms with Crippen molar-refractivity contribution in [2.45, 2.75) is 394 Å². The second-order valence-corrected chi connectivity index (χ2v) is 30.8. The lowest BCUT2D eigenvalue weighted by atomic mass is 10.00. The molecule has 0 radical (unpaired) electrons. The number of hydrogen-bond donors (Lipinski definition) is 3. The zero-order chi connectivity index (χ0) is 68.7. The van der Waals surface area contributed by atoms with E-state index >= 15 is 0 Å². The summed E-state index contributed by atoms with van der Waals surface area (Å²) in [5.41, 5.74) is 0. The second-order valence-electron chi connectivity index (χ2n) is 27.9. The average Bonchev–Trinajstić information content (AvgIpc) is 3.39.